The van der Waals surface area contributed by atoms with Crippen molar-refractivity contribution < 1.29 is 22.7 Å². The molecule has 0 spiro atoms. The number of ether oxygens (including phenoxy) is 2. The maximum Gasteiger partial charge on any atom is 0.317 e. The third kappa shape index (κ3) is 6.28. The number of rotatable bonds is 7. The highest BCUT2D eigenvalue weighted by atomic mass is 35.5. The van der Waals surface area contributed by atoms with E-state index in [-0.39, 0.29) is 46.4 Å². The fourth-order valence-electron chi connectivity index (χ4n) is 3.13. The minimum absolute atomic E-state index is 0. The maximum atomic E-state index is 13.2. The molecule has 166 valence electrons. The van der Waals surface area contributed by atoms with Crippen LogP contribution >= 0.6 is 24.0 Å². The Labute approximate surface area is 183 Å². The standard InChI is InChI=1S/C18H28ClN3O5S.ClH/c1-21(2)9-7-20-18(23)22-8-5-6-13(12-22)28(24,25)14-10-15(19)17(27-4)16(11-14)26-3;/h10-11,13H,5-9,12H2,1-4H3,(H,20,23);1H. The molecular weight excluding hydrogens is 441 g/mol. The molecule has 29 heavy (non-hydrogen) atoms. The summed E-state index contributed by atoms with van der Waals surface area (Å²) < 4.78 is 36.7. The number of likely N-dealkylation sites (tertiary alicyclic amines) is 1. The number of hydrogen-bond donors (Lipinski definition) is 1. The Hall–Kier alpha value is -1.42. The Morgan fingerprint density at radius 3 is 2.59 bits per heavy atom. The second kappa shape index (κ2) is 11.1. The van der Waals surface area contributed by atoms with Crippen molar-refractivity contribution in [3.05, 3.63) is 17.2 Å². The van der Waals surface area contributed by atoms with Gasteiger partial charge in [0.15, 0.2) is 21.3 Å². The quantitative estimate of drug-likeness (QED) is 0.658. The van der Waals surface area contributed by atoms with E-state index in [1.54, 1.807) is 4.90 Å². The number of likely N-dealkylation sites (N-methyl/N-ethyl adjacent to an activating group) is 1. The zero-order chi connectivity index (χ0) is 20.9. The van der Waals surface area contributed by atoms with Crippen LogP contribution in [0.2, 0.25) is 5.02 Å². The van der Waals surface area contributed by atoms with Gasteiger partial charge in [0.2, 0.25) is 0 Å². The largest absolute Gasteiger partial charge is 0.493 e. The van der Waals surface area contributed by atoms with E-state index < -0.39 is 15.1 Å². The molecule has 1 atom stereocenters. The third-order valence-electron chi connectivity index (χ3n) is 4.68. The van der Waals surface area contributed by atoms with E-state index >= 15 is 0 Å². The smallest absolute Gasteiger partial charge is 0.317 e. The van der Waals surface area contributed by atoms with Crippen molar-refractivity contribution in [2.75, 3.05) is 54.5 Å². The Bertz CT molecular complexity index is 805. The molecule has 1 fully saturated rings. The number of halogens is 2. The average Bonchev–Trinajstić information content (AvgIpc) is 2.66. The van der Waals surface area contributed by atoms with Gasteiger partial charge in [0.05, 0.1) is 29.4 Å². The summed E-state index contributed by atoms with van der Waals surface area (Å²) in [6.07, 6.45) is 1.10. The molecule has 8 nitrogen and oxygen atoms in total. The van der Waals surface area contributed by atoms with Gasteiger partial charge >= 0.3 is 6.03 Å². The molecule has 2 rings (SSSR count). The third-order valence-corrected chi connectivity index (χ3v) is 7.11. The first-order valence-corrected chi connectivity index (χ1v) is 11.0. The van der Waals surface area contributed by atoms with Crippen molar-refractivity contribution in [1.82, 2.24) is 15.1 Å². The molecule has 1 aromatic carbocycles. The lowest BCUT2D eigenvalue weighted by Gasteiger charge is -2.32. The van der Waals surface area contributed by atoms with Gasteiger partial charge in [-0.25, -0.2) is 13.2 Å². The fraction of sp³-hybridized carbons (Fsp3) is 0.611. The van der Waals surface area contributed by atoms with Crippen LogP contribution in [0.4, 0.5) is 4.79 Å². The van der Waals surface area contributed by atoms with E-state index in [1.165, 1.54) is 26.4 Å². The van der Waals surface area contributed by atoms with Crippen molar-refractivity contribution in [3.63, 3.8) is 0 Å². The first-order valence-electron chi connectivity index (χ1n) is 9.03. The molecule has 0 aromatic heterocycles. The van der Waals surface area contributed by atoms with Crippen molar-refractivity contribution >= 4 is 39.9 Å². The Balaban J connectivity index is 0.00000420. The summed E-state index contributed by atoms with van der Waals surface area (Å²) in [5.74, 6) is 0.538. The molecule has 1 N–H and O–H groups in total. The number of amides is 2. The Kier molecular flexibility index (Phi) is 9.81. The van der Waals surface area contributed by atoms with Crippen molar-refractivity contribution in [2.24, 2.45) is 0 Å². The first kappa shape index (κ1) is 25.6. The number of carbonyl (C=O) groups is 1. The van der Waals surface area contributed by atoms with Gasteiger partial charge in [-0.05, 0) is 33.0 Å². The number of carbonyl (C=O) groups excluding carboxylic acids is 1. The number of methoxy groups -OCH3 is 2. The van der Waals surface area contributed by atoms with E-state index in [1.807, 2.05) is 19.0 Å². The lowest BCUT2D eigenvalue weighted by Crippen LogP contribution is -2.49. The normalized spacial score (nSPS) is 16.9. The SMILES string of the molecule is COc1cc(S(=O)(=O)C2CCCN(C(=O)NCCN(C)C)C2)cc(Cl)c1OC.Cl. The summed E-state index contributed by atoms with van der Waals surface area (Å²) in [5, 5.41) is 2.29. The summed E-state index contributed by atoms with van der Waals surface area (Å²) in [6.45, 7) is 1.89. The summed E-state index contributed by atoms with van der Waals surface area (Å²) in [7, 11) is 3.01. The number of piperidine rings is 1. The summed E-state index contributed by atoms with van der Waals surface area (Å²) in [5.41, 5.74) is 0. The summed E-state index contributed by atoms with van der Waals surface area (Å²) in [4.78, 5) is 16.0. The van der Waals surface area contributed by atoms with Crippen LogP contribution in [-0.2, 0) is 9.84 Å². The average molecular weight is 470 g/mol. The highest BCUT2D eigenvalue weighted by molar-refractivity contribution is 7.92. The van der Waals surface area contributed by atoms with E-state index in [0.29, 0.717) is 32.5 Å². The molecule has 1 heterocycles. The molecule has 0 radical (unpaired) electrons. The van der Waals surface area contributed by atoms with Crippen LogP contribution in [0, 0.1) is 0 Å². The molecule has 1 unspecified atom stereocenters. The molecular formula is C18H29Cl2N3O5S. The zero-order valence-electron chi connectivity index (χ0n) is 17.1. The second-order valence-electron chi connectivity index (χ2n) is 6.93. The van der Waals surface area contributed by atoms with E-state index in [9.17, 15) is 13.2 Å². The number of nitrogens with zero attached hydrogens (tertiary/aromatic N) is 2. The van der Waals surface area contributed by atoms with E-state index in [2.05, 4.69) is 5.32 Å². The molecule has 0 aliphatic carbocycles. The molecule has 11 heteroatoms. The van der Waals surface area contributed by atoms with Crippen LogP contribution in [-0.4, -0.2) is 84.0 Å². The maximum absolute atomic E-state index is 13.2. The molecule has 0 saturated carbocycles. The van der Waals surface area contributed by atoms with Gasteiger partial charge in [0.25, 0.3) is 0 Å². The molecule has 1 aliphatic heterocycles. The second-order valence-corrected chi connectivity index (χ2v) is 9.57. The summed E-state index contributed by atoms with van der Waals surface area (Å²) >= 11 is 6.17. The topological polar surface area (TPSA) is 88.2 Å². The highest BCUT2D eigenvalue weighted by Gasteiger charge is 2.34. The highest BCUT2D eigenvalue weighted by Crippen LogP contribution is 2.38. The van der Waals surface area contributed by atoms with Crippen molar-refractivity contribution in [3.8, 4) is 11.5 Å². The van der Waals surface area contributed by atoms with Gasteiger partial charge in [0.1, 0.15) is 0 Å². The minimum atomic E-state index is -3.69. The number of urea groups is 1. The monoisotopic (exact) mass is 469 g/mol. The van der Waals surface area contributed by atoms with Crippen LogP contribution in [0.1, 0.15) is 12.8 Å². The molecule has 1 saturated heterocycles. The van der Waals surface area contributed by atoms with Gasteiger partial charge in [-0.15, -0.1) is 12.4 Å². The van der Waals surface area contributed by atoms with E-state index in [4.69, 9.17) is 21.1 Å². The predicted octanol–water partition coefficient (Wildman–Crippen LogP) is 2.29. The van der Waals surface area contributed by atoms with Gasteiger partial charge in [-0.3, -0.25) is 0 Å². The fourth-order valence-corrected chi connectivity index (χ4v) is 5.27. The molecule has 1 aliphatic rings. The van der Waals surface area contributed by atoms with Crippen molar-refractivity contribution in [1.29, 1.82) is 0 Å². The summed E-state index contributed by atoms with van der Waals surface area (Å²) in [6, 6.07) is 2.54. The van der Waals surface area contributed by atoms with Crippen LogP contribution in [0.15, 0.2) is 17.0 Å². The Morgan fingerprint density at radius 2 is 2.00 bits per heavy atom. The predicted molar refractivity (Wildman–Crippen MR) is 116 cm³/mol. The Morgan fingerprint density at radius 1 is 1.31 bits per heavy atom. The number of nitrogens with one attached hydrogen (secondary N) is 1. The zero-order valence-corrected chi connectivity index (χ0v) is 19.5. The number of benzene rings is 1. The van der Waals surface area contributed by atoms with Gasteiger partial charge in [-0.1, -0.05) is 11.6 Å². The van der Waals surface area contributed by atoms with Crippen LogP contribution in [0.25, 0.3) is 0 Å². The minimum Gasteiger partial charge on any atom is -0.493 e. The van der Waals surface area contributed by atoms with Crippen LogP contribution in [0.3, 0.4) is 0 Å². The first-order chi connectivity index (χ1) is 13.2. The molecule has 1 aromatic rings. The van der Waals surface area contributed by atoms with Crippen LogP contribution in [0.5, 0.6) is 11.5 Å². The number of hydrogen-bond acceptors (Lipinski definition) is 6. The van der Waals surface area contributed by atoms with Gasteiger partial charge in [-0.2, -0.15) is 0 Å². The van der Waals surface area contributed by atoms with Gasteiger partial charge < -0.3 is 24.6 Å². The lowest BCUT2D eigenvalue weighted by atomic mass is 10.1. The lowest BCUT2D eigenvalue weighted by molar-refractivity contribution is 0.186. The van der Waals surface area contributed by atoms with E-state index in [0.717, 1.165) is 0 Å². The number of sulfone groups is 1. The molecule has 0 bridgehead atoms. The van der Waals surface area contributed by atoms with Crippen LogP contribution < -0.4 is 14.8 Å². The molecule has 2 amide bonds. The van der Waals surface area contributed by atoms with Gasteiger partial charge in [0, 0.05) is 32.2 Å². The van der Waals surface area contributed by atoms with Crippen molar-refractivity contribution in [2.45, 2.75) is 23.0 Å².